The molecule has 0 aliphatic heterocycles. The fourth-order valence-corrected chi connectivity index (χ4v) is 0. The number of hydrogen-bond acceptors (Lipinski definition) is 2. The Labute approximate surface area is 50.1 Å². The van der Waals surface area contributed by atoms with Gasteiger partial charge in [0.05, 0.1) is 5.60 Å². The topological polar surface area (TPSA) is 20.2 Å². The van der Waals surface area contributed by atoms with Crippen molar-refractivity contribution in [3.63, 3.8) is 0 Å². The van der Waals surface area contributed by atoms with Crippen LogP contribution in [0, 0.1) is 0 Å². The lowest BCUT2D eigenvalue weighted by atomic mass is 10.1. The minimum atomic E-state index is -0.636. The van der Waals surface area contributed by atoms with Gasteiger partial charge in [0, 0.05) is 5.25 Å². The molecule has 0 aromatic carbocycles. The van der Waals surface area contributed by atoms with Crippen LogP contribution >= 0.6 is 12.6 Å². The molecule has 0 aromatic heterocycles. The van der Waals surface area contributed by atoms with E-state index in [1.54, 1.807) is 13.8 Å². The van der Waals surface area contributed by atoms with Crippen molar-refractivity contribution >= 4 is 12.6 Å². The maximum atomic E-state index is 9.02. The fourth-order valence-electron chi connectivity index (χ4n) is 0. The van der Waals surface area contributed by atoms with Crippen molar-refractivity contribution in [1.82, 2.24) is 0 Å². The number of hydrogen-bond donors (Lipinski definition) is 2. The largest absolute Gasteiger partial charge is 0.389 e. The van der Waals surface area contributed by atoms with Crippen molar-refractivity contribution in [1.29, 1.82) is 0 Å². The van der Waals surface area contributed by atoms with Crippen molar-refractivity contribution in [3.05, 3.63) is 0 Å². The van der Waals surface area contributed by atoms with E-state index in [0.717, 1.165) is 0 Å². The normalized spacial score (nSPS) is 16.7. The van der Waals surface area contributed by atoms with Crippen LogP contribution < -0.4 is 0 Å². The van der Waals surface area contributed by atoms with Crippen molar-refractivity contribution in [3.8, 4) is 0 Å². The van der Waals surface area contributed by atoms with Crippen molar-refractivity contribution in [2.24, 2.45) is 0 Å². The number of rotatable bonds is 1. The lowest BCUT2D eigenvalue weighted by Gasteiger charge is -2.20. The van der Waals surface area contributed by atoms with Gasteiger partial charge in [-0.1, -0.05) is 6.92 Å². The van der Waals surface area contributed by atoms with Gasteiger partial charge in [-0.2, -0.15) is 12.6 Å². The van der Waals surface area contributed by atoms with E-state index in [1.807, 2.05) is 6.92 Å². The first-order valence-electron chi connectivity index (χ1n) is 2.35. The van der Waals surface area contributed by atoms with Gasteiger partial charge in [-0.15, -0.1) is 0 Å². The molecule has 1 nitrogen and oxygen atoms in total. The molecule has 0 saturated carbocycles. The highest BCUT2D eigenvalue weighted by Crippen LogP contribution is 2.12. The Morgan fingerprint density at radius 1 is 1.57 bits per heavy atom. The Morgan fingerprint density at radius 3 is 1.71 bits per heavy atom. The highest BCUT2D eigenvalue weighted by Gasteiger charge is 2.17. The Bertz CT molecular complexity index is 53.6. The highest BCUT2D eigenvalue weighted by atomic mass is 32.1. The lowest BCUT2D eigenvalue weighted by Crippen LogP contribution is -2.28. The Morgan fingerprint density at radius 2 is 1.71 bits per heavy atom. The second-order valence-electron chi connectivity index (χ2n) is 2.33. The van der Waals surface area contributed by atoms with E-state index < -0.39 is 5.60 Å². The fraction of sp³-hybridized carbons (Fsp3) is 1.00. The van der Waals surface area contributed by atoms with E-state index in [1.165, 1.54) is 0 Å². The molecule has 0 spiro atoms. The molecule has 1 unspecified atom stereocenters. The van der Waals surface area contributed by atoms with Gasteiger partial charge in [0.1, 0.15) is 0 Å². The van der Waals surface area contributed by atoms with Crippen LogP contribution in [0.4, 0.5) is 0 Å². The summed E-state index contributed by atoms with van der Waals surface area (Å²) in [6, 6.07) is 0. The zero-order valence-electron chi connectivity index (χ0n) is 4.97. The second kappa shape index (κ2) is 2.05. The van der Waals surface area contributed by atoms with Gasteiger partial charge in [0.15, 0.2) is 0 Å². The summed E-state index contributed by atoms with van der Waals surface area (Å²) in [4.78, 5) is 0. The first-order valence-corrected chi connectivity index (χ1v) is 2.86. The molecule has 1 atom stereocenters. The molecule has 0 radical (unpaired) electrons. The van der Waals surface area contributed by atoms with Gasteiger partial charge < -0.3 is 5.11 Å². The van der Waals surface area contributed by atoms with Crippen LogP contribution in [0.2, 0.25) is 0 Å². The molecule has 2 heteroatoms. The summed E-state index contributed by atoms with van der Waals surface area (Å²) in [6.07, 6.45) is 0. The Balaban J connectivity index is 3.54. The lowest BCUT2D eigenvalue weighted by molar-refractivity contribution is 0.0830. The van der Waals surface area contributed by atoms with Gasteiger partial charge in [0.25, 0.3) is 0 Å². The van der Waals surface area contributed by atoms with Crippen LogP contribution in [0.15, 0.2) is 0 Å². The second-order valence-corrected chi connectivity index (χ2v) is 3.10. The van der Waals surface area contributed by atoms with Crippen molar-refractivity contribution in [2.75, 3.05) is 0 Å². The van der Waals surface area contributed by atoms with Gasteiger partial charge in [-0.3, -0.25) is 0 Å². The molecule has 0 saturated heterocycles. The van der Waals surface area contributed by atoms with Crippen molar-refractivity contribution in [2.45, 2.75) is 31.6 Å². The van der Waals surface area contributed by atoms with Gasteiger partial charge >= 0.3 is 0 Å². The van der Waals surface area contributed by atoms with Crippen LogP contribution in [-0.2, 0) is 0 Å². The smallest absolute Gasteiger partial charge is 0.0704 e. The molecule has 0 fully saturated rings. The molecule has 0 rings (SSSR count). The molecule has 0 heterocycles. The third kappa shape index (κ3) is 2.94. The average Bonchev–Trinajstić information content (AvgIpc) is 1.31. The summed E-state index contributed by atoms with van der Waals surface area (Å²) in [5.74, 6) is 0. The molecular weight excluding hydrogens is 108 g/mol. The summed E-state index contributed by atoms with van der Waals surface area (Å²) in [5, 5.41) is 9.07. The van der Waals surface area contributed by atoms with E-state index in [4.69, 9.17) is 5.11 Å². The first kappa shape index (κ1) is 7.31. The molecule has 0 bridgehead atoms. The van der Waals surface area contributed by atoms with E-state index in [2.05, 4.69) is 12.6 Å². The summed E-state index contributed by atoms with van der Waals surface area (Å²) < 4.78 is 0. The molecular formula is C5H12OS. The molecule has 7 heavy (non-hydrogen) atoms. The van der Waals surface area contributed by atoms with Crippen LogP contribution in [0.1, 0.15) is 20.8 Å². The number of thiol groups is 1. The predicted octanol–water partition coefficient (Wildman–Crippen LogP) is 1.08. The quantitative estimate of drug-likeness (QED) is 0.496. The van der Waals surface area contributed by atoms with E-state index >= 15 is 0 Å². The van der Waals surface area contributed by atoms with Gasteiger partial charge in [0.2, 0.25) is 0 Å². The maximum Gasteiger partial charge on any atom is 0.0704 e. The molecule has 44 valence electrons. The van der Waals surface area contributed by atoms with Crippen LogP contribution in [-0.4, -0.2) is 16.0 Å². The standard InChI is InChI=1S/C5H12OS/c1-4(7)5(2,3)6/h4,6-7H,1-3H3. The SMILES string of the molecule is CC(S)C(C)(C)O. The highest BCUT2D eigenvalue weighted by molar-refractivity contribution is 7.81. The van der Waals surface area contributed by atoms with E-state index in [0.29, 0.717) is 0 Å². The molecule has 0 aromatic rings. The van der Waals surface area contributed by atoms with E-state index in [9.17, 15) is 0 Å². The summed E-state index contributed by atoms with van der Waals surface area (Å²) in [6.45, 7) is 5.35. The zero-order chi connectivity index (χ0) is 6.08. The number of aliphatic hydroxyl groups is 1. The van der Waals surface area contributed by atoms with Gasteiger partial charge in [-0.05, 0) is 13.8 Å². The molecule has 1 N–H and O–H groups in total. The summed E-state index contributed by atoms with van der Waals surface area (Å²) >= 11 is 4.03. The predicted molar refractivity (Wildman–Crippen MR) is 34.7 cm³/mol. The van der Waals surface area contributed by atoms with Gasteiger partial charge in [-0.25, -0.2) is 0 Å². The maximum absolute atomic E-state index is 9.02. The van der Waals surface area contributed by atoms with Crippen molar-refractivity contribution < 1.29 is 5.11 Å². The summed E-state index contributed by atoms with van der Waals surface area (Å²) in [5.41, 5.74) is -0.636. The van der Waals surface area contributed by atoms with Crippen LogP contribution in [0.25, 0.3) is 0 Å². The Kier molecular flexibility index (Phi) is 2.14. The first-order chi connectivity index (χ1) is 2.94. The Hall–Kier alpha value is 0.310. The zero-order valence-corrected chi connectivity index (χ0v) is 5.87. The molecule has 0 aliphatic carbocycles. The third-order valence-corrected chi connectivity index (χ3v) is 1.65. The average molecular weight is 120 g/mol. The minimum absolute atomic E-state index is 0.0486. The van der Waals surface area contributed by atoms with Crippen LogP contribution in [0.5, 0.6) is 0 Å². The minimum Gasteiger partial charge on any atom is -0.389 e. The van der Waals surface area contributed by atoms with Crippen LogP contribution in [0.3, 0.4) is 0 Å². The monoisotopic (exact) mass is 120 g/mol. The molecule has 0 amide bonds. The van der Waals surface area contributed by atoms with E-state index in [-0.39, 0.29) is 5.25 Å². The molecule has 0 aliphatic rings. The third-order valence-electron chi connectivity index (χ3n) is 1.02. The summed E-state index contributed by atoms with van der Waals surface area (Å²) in [7, 11) is 0.